The molecule has 1 aromatic heterocycles. The Bertz CT molecular complexity index is 809. The van der Waals surface area contributed by atoms with Crippen LogP contribution in [0.15, 0.2) is 42.6 Å². The lowest BCUT2D eigenvalue weighted by Crippen LogP contribution is -2.50. The van der Waals surface area contributed by atoms with Crippen molar-refractivity contribution in [2.75, 3.05) is 7.11 Å². The monoisotopic (exact) mass is 372 g/mol. The molecule has 7 nitrogen and oxygen atoms in total. The van der Waals surface area contributed by atoms with E-state index < -0.39 is 29.7 Å². The summed E-state index contributed by atoms with van der Waals surface area (Å²) in [5.74, 6) is -2.26. The molecule has 0 spiro atoms. The second kappa shape index (κ2) is 8.53. The minimum absolute atomic E-state index is 0.0973. The Kier molecular flexibility index (Phi) is 6.39. The minimum atomic E-state index is -1.14. The number of amides is 1. The van der Waals surface area contributed by atoms with Gasteiger partial charge in [-0.2, -0.15) is 0 Å². The third-order valence-electron chi connectivity index (χ3n) is 4.81. The number of hydrogen-bond donors (Lipinski definition) is 2. The molecule has 2 aromatic rings. The lowest BCUT2D eigenvalue weighted by Gasteiger charge is -2.36. The van der Waals surface area contributed by atoms with E-state index in [1.807, 2.05) is 37.3 Å². The topological polar surface area (TPSA) is 100.0 Å². The van der Waals surface area contributed by atoms with Crippen LogP contribution >= 0.6 is 0 Å². The molecule has 0 radical (unpaired) electrons. The summed E-state index contributed by atoms with van der Waals surface area (Å²) < 4.78 is 5.02. The lowest BCUT2D eigenvalue weighted by molar-refractivity contribution is -0.142. The first-order valence-corrected chi connectivity index (χ1v) is 8.62. The number of aromatic nitrogens is 1. The highest BCUT2D eigenvalue weighted by Crippen LogP contribution is 2.31. The van der Waals surface area contributed by atoms with E-state index in [1.165, 1.54) is 31.2 Å². The molecule has 0 bridgehead atoms. The van der Waals surface area contributed by atoms with Crippen molar-refractivity contribution in [3.63, 3.8) is 0 Å². The van der Waals surface area contributed by atoms with Crippen molar-refractivity contribution in [2.24, 2.45) is 0 Å². The van der Waals surface area contributed by atoms with Crippen molar-refractivity contribution in [2.45, 2.75) is 38.8 Å². The maximum atomic E-state index is 13.1. The molecule has 2 unspecified atom stereocenters. The Labute approximate surface area is 158 Å². The van der Waals surface area contributed by atoms with Crippen molar-refractivity contribution in [3.05, 3.63) is 53.9 Å². The predicted octanol–water partition coefficient (Wildman–Crippen LogP) is 2.90. The summed E-state index contributed by atoms with van der Waals surface area (Å²) in [6.45, 7) is 5.14. The van der Waals surface area contributed by atoms with E-state index in [0.29, 0.717) is 0 Å². The number of carboxylic acids is 1. The Hall–Kier alpha value is -3.09. The van der Waals surface area contributed by atoms with Gasteiger partial charge in [0.2, 0.25) is 0 Å². The van der Waals surface area contributed by atoms with E-state index in [9.17, 15) is 19.8 Å². The molecule has 0 aliphatic heterocycles. The molecule has 0 fully saturated rings. The fourth-order valence-corrected chi connectivity index (χ4v) is 2.99. The molecule has 3 atom stereocenters. The van der Waals surface area contributed by atoms with Gasteiger partial charge in [0, 0.05) is 24.2 Å². The number of carboxylic acid groups (broad SMARTS) is 1. The molecule has 27 heavy (non-hydrogen) atoms. The number of hydrogen-bond acceptors (Lipinski definition) is 5. The van der Waals surface area contributed by atoms with Crippen molar-refractivity contribution >= 4 is 11.9 Å². The number of carbonyl (C=O) groups excluding carboxylic acids is 1. The van der Waals surface area contributed by atoms with E-state index >= 15 is 0 Å². The van der Waals surface area contributed by atoms with Gasteiger partial charge in [0.15, 0.2) is 17.2 Å². The van der Waals surface area contributed by atoms with E-state index in [4.69, 9.17) is 4.74 Å². The van der Waals surface area contributed by atoms with E-state index in [2.05, 4.69) is 4.98 Å². The number of ether oxygens (including phenoxy) is 1. The predicted molar refractivity (Wildman–Crippen MR) is 100 cm³/mol. The van der Waals surface area contributed by atoms with Crippen LogP contribution in [0, 0.1) is 0 Å². The van der Waals surface area contributed by atoms with Crippen LogP contribution in [0.25, 0.3) is 0 Å². The number of aromatic hydroxyl groups is 1. The van der Waals surface area contributed by atoms with Gasteiger partial charge in [-0.3, -0.25) is 4.79 Å². The van der Waals surface area contributed by atoms with Crippen LogP contribution in [0.1, 0.15) is 42.7 Å². The maximum Gasteiger partial charge on any atom is 0.326 e. The van der Waals surface area contributed by atoms with Gasteiger partial charge in [-0.1, -0.05) is 37.3 Å². The molecular weight excluding hydrogens is 348 g/mol. The average molecular weight is 372 g/mol. The Morgan fingerprint density at radius 2 is 1.74 bits per heavy atom. The first kappa shape index (κ1) is 20.2. The molecule has 0 aliphatic carbocycles. The standard InChI is InChI=1S/C20H24N2O5/c1-12(15-8-6-5-7-9-15)13(2)22(14(3)20(25)26)19(24)17-18(23)16(27-4)10-11-21-17/h5-14,23H,1-4H3,(H,25,26)/t12?,13?,14-/m0/s1. The molecule has 0 aliphatic rings. The molecule has 2 rings (SSSR count). The number of aliphatic carboxylic acids is 1. The summed E-state index contributed by atoms with van der Waals surface area (Å²) in [6.07, 6.45) is 1.33. The number of carbonyl (C=O) groups is 2. The summed E-state index contributed by atoms with van der Waals surface area (Å²) in [5.41, 5.74) is 0.734. The van der Waals surface area contributed by atoms with Crippen LogP contribution in [0.4, 0.5) is 0 Å². The zero-order valence-electron chi connectivity index (χ0n) is 15.8. The van der Waals surface area contributed by atoms with Crippen molar-refractivity contribution < 1.29 is 24.5 Å². The van der Waals surface area contributed by atoms with Crippen LogP contribution in [0.3, 0.4) is 0 Å². The number of methoxy groups -OCH3 is 1. The second-order valence-electron chi connectivity index (χ2n) is 6.38. The average Bonchev–Trinajstić information content (AvgIpc) is 2.67. The van der Waals surface area contributed by atoms with Gasteiger partial charge >= 0.3 is 5.97 Å². The van der Waals surface area contributed by atoms with Gasteiger partial charge in [0.25, 0.3) is 5.91 Å². The van der Waals surface area contributed by atoms with Crippen molar-refractivity contribution in [3.8, 4) is 11.5 Å². The van der Waals surface area contributed by atoms with E-state index in [0.717, 1.165) is 5.56 Å². The molecule has 144 valence electrons. The Morgan fingerprint density at radius 1 is 1.11 bits per heavy atom. The summed E-state index contributed by atoms with van der Waals surface area (Å²) in [6, 6.07) is 9.38. The van der Waals surface area contributed by atoms with Crippen LogP contribution in [-0.4, -0.2) is 51.2 Å². The molecule has 1 heterocycles. The van der Waals surface area contributed by atoms with Gasteiger partial charge in [-0.25, -0.2) is 9.78 Å². The quantitative estimate of drug-likeness (QED) is 0.775. The Morgan fingerprint density at radius 3 is 2.30 bits per heavy atom. The van der Waals surface area contributed by atoms with Crippen LogP contribution in [-0.2, 0) is 4.79 Å². The summed E-state index contributed by atoms with van der Waals surface area (Å²) in [7, 11) is 1.36. The number of rotatable bonds is 7. The van der Waals surface area contributed by atoms with Gasteiger partial charge in [-0.05, 0) is 19.4 Å². The van der Waals surface area contributed by atoms with Crippen LogP contribution in [0.5, 0.6) is 11.5 Å². The largest absolute Gasteiger partial charge is 0.503 e. The second-order valence-corrected chi connectivity index (χ2v) is 6.38. The minimum Gasteiger partial charge on any atom is -0.503 e. The number of nitrogens with zero attached hydrogens (tertiary/aromatic N) is 2. The van der Waals surface area contributed by atoms with Crippen LogP contribution < -0.4 is 4.74 Å². The van der Waals surface area contributed by atoms with Gasteiger partial charge < -0.3 is 19.8 Å². The summed E-state index contributed by atoms with van der Waals surface area (Å²) in [5, 5.41) is 19.8. The fraction of sp³-hybridized carbons (Fsp3) is 0.350. The zero-order chi connectivity index (χ0) is 20.1. The Balaban J connectivity index is 2.46. The normalized spacial score (nSPS) is 14.1. The molecule has 0 saturated heterocycles. The maximum absolute atomic E-state index is 13.1. The number of pyridine rings is 1. The molecule has 0 saturated carbocycles. The molecule has 1 aromatic carbocycles. The van der Waals surface area contributed by atoms with Crippen molar-refractivity contribution in [1.29, 1.82) is 0 Å². The summed E-state index contributed by atoms with van der Waals surface area (Å²) in [4.78, 5) is 30.0. The van der Waals surface area contributed by atoms with Crippen LogP contribution in [0.2, 0.25) is 0 Å². The third kappa shape index (κ3) is 4.19. The highest BCUT2D eigenvalue weighted by Gasteiger charge is 2.35. The van der Waals surface area contributed by atoms with E-state index in [1.54, 1.807) is 6.92 Å². The third-order valence-corrected chi connectivity index (χ3v) is 4.81. The highest BCUT2D eigenvalue weighted by molar-refractivity contribution is 5.98. The van der Waals surface area contributed by atoms with Gasteiger partial charge in [0.1, 0.15) is 6.04 Å². The fourth-order valence-electron chi connectivity index (χ4n) is 2.99. The molecular formula is C20H24N2O5. The number of benzene rings is 1. The SMILES string of the molecule is COc1ccnc(C(=O)N(C(C)C(C)c2ccccc2)[C@@H](C)C(=O)O)c1O. The summed E-state index contributed by atoms with van der Waals surface area (Å²) >= 11 is 0. The smallest absolute Gasteiger partial charge is 0.326 e. The lowest BCUT2D eigenvalue weighted by atomic mass is 9.92. The highest BCUT2D eigenvalue weighted by atomic mass is 16.5. The molecule has 1 amide bonds. The first-order valence-electron chi connectivity index (χ1n) is 8.62. The van der Waals surface area contributed by atoms with Crippen molar-refractivity contribution in [1.82, 2.24) is 9.88 Å². The first-order chi connectivity index (χ1) is 12.8. The van der Waals surface area contributed by atoms with Gasteiger partial charge in [0.05, 0.1) is 7.11 Å². The zero-order valence-corrected chi connectivity index (χ0v) is 15.8. The molecule has 2 N–H and O–H groups in total. The van der Waals surface area contributed by atoms with Gasteiger partial charge in [-0.15, -0.1) is 0 Å². The van der Waals surface area contributed by atoms with E-state index in [-0.39, 0.29) is 17.4 Å². The molecule has 7 heteroatoms.